The molecule has 0 aliphatic carbocycles. The van der Waals surface area contributed by atoms with Gasteiger partial charge < -0.3 is 30.8 Å². The molecule has 1 aromatic heterocycles. The fourth-order valence-corrected chi connectivity index (χ4v) is 4.37. The molecule has 1 aliphatic heterocycles. The first-order valence-corrected chi connectivity index (χ1v) is 11.9. The van der Waals surface area contributed by atoms with Gasteiger partial charge in [0.15, 0.2) is 0 Å². The van der Waals surface area contributed by atoms with Gasteiger partial charge in [0.1, 0.15) is 11.8 Å². The number of hydrogen-bond acceptors (Lipinski definition) is 6. The molecule has 1 unspecified atom stereocenters. The third-order valence-electron chi connectivity index (χ3n) is 5.64. The average molecular weight is 537 g/mol. The first-order chi connectivity index (χ1) is 17.2. The summed E-state index contributed by atoms with van der Waals surface area (Å²) in [7, 11) is 0. The Morgan fingerprint density at radius 3 is 2.53 bits per heavy atom. The fraction of sp³-hybridized carbons (Fsp3) is 0.333. The number of halogens is 2. The minimum absolute atomic E-state index is 0.0208. The molecule has 3 rings (SSSR count). The van der Waals surface area contributed by atoms with Crippen LogP contribution >= 0.6 is 23.2 Å². The van der Waals surface area contributed by atoms with Crippen molar-refractivity contribution in [2.24, 2.45) is 5.92 Å². The Morgan fingerprint density at radius 2 is 1.94 bits per heavy atom. The van der Waals surface area contributed by atoms with Gasteiger partial charge in [-0.3, -0.25) is 14.4 Å². The monoisotopic (exact) mass is 536 g/mol. The predicted octanol–water partition coefficient (Wildman–Crippen LogP) is 2.21. The minimum Gasteiger partial charge on any atom is -0.480 e. The number of nitrogens with one attached hydrogen (secondary N) is 4. The van der Waals surface area contributed by atoms with E-state index < -0.39 is 24.0 Å². The van der Waals surface area contributed by atoms with Crippen molar-refractivity contribution in [1.29, 1.82) is 0 Å². The van der Waals surface area contributed by atoms with Gasteiger partial charge in [-0.2, -0.15) is 0 Å². The molecule has 0 bridgehead atoms. The number of carbonyl (C=O) groups excluding carboxylic acids is 3. The van der Waals surface area contributed by atoms with Gasteiger partial charge in [0.05, 0.1) is 27.9 Å². The molecule has 1 aromatic carbocycles. The van der Waals surface area contributed by atoms with Crippen molar-refractivity contribution in [3.63, 3.8) is 0 Å². The zero-order valence-electron chi connectivity index (χ0n) is 19.3. The van der Waals surface area contributed by atoms with Gasteiger partial charge in [-0.1, -0.05) is 30.1 Å². The lowest BCUT2D eigenvalue weighted by atomic mass is 10.0. The van der Waals surface area contributed by atoms with Crippen LogP contribution in [-0.2, 0) is 20.9 Å². The van der Waals surface area contributed by atoms with E-state index in [0.29, 0.717) is 17.9 Å². The highest BCUT2D eigenvalue weighted by Crippen LogP contribution is 2.27. The summed E-state index contributed by atoms with van der Waals surface area (Å²) < 4.78 is 5.11. The molecule has 3 atom stereocenters. The molecule has 2 heterocycles. The third kappa shape index (κ3) is 7.33. The van der Waals surface area contributed by atoms with Gasteiger partial charge >= 0.3 is 5.97 Å². The maximum Gasteiger partial charge on any atom is 0.328 e. The van der Waals surface area contributed by atoms with E-state index >= 15 is 0 Å². The number of carboxylic acids is 1. The van der Waals surface area contributed by atoms with Crippen LogP contribution in [0.4, 0.5) is 0 Å². The molecule has 3 amide bonds. The highest BCUT2D eigenvalue weighted by molar-refractivity contribution is 6.39. The number of rotatable bonds is 10. The first-order valence-electron chi connectivity index (χ1n) is 11.2. The molecule has 36 heavy (non-hydrogen) atoms. The molecule has 0 saturated carbocycles. The molecule has 0 radical (unpaired) electrons. The van der Waals surface area contributed by atoms with E-state index in [-0.39, 0.29) is 46.4 Å². The lowest BCUT2D eigenvalue weighted by molar-refractivity contribution is -0.139. The van der Waals surface area contributed by atoms with Crippen LogP contribution in [0, 0.1) is 5.92 Å². The van der Waals surface area contributed by atoms with Crippen molar-refractivity contribution in [3.05, 3.63) is 63.5 Å². The lowest BCUT2D eigenvalue weighted by Gasteiger charge is -2.19. The van der Waals surface area contributed by atoms with E-state index in [4.69, 9.17) is 27.6 Å². The number of carbonyl (C=O) groups is 4. The first kappa shape index (κ1) is 27.3. The molecule has 192 valence electrons. The second-order valence-corrected chi connectivity index (χ2v) is 9.12. The van der Waals surface area contributed by atoms with Gasteiger partial charge in [-0.25, -0.2) is 4.79 Å². The number of hydrogen-bond donors (Lipinski definition) is 5. The van der Waals surface area contributed by atoms with Gasteiger partial charge in [-0.05, 0) is 54.8 Å². The summed E-state index contributed by atoms with van der Waals surface area (Å²) in [6.45, 7) is 2.41. The number of furan rings is 1. The van der Waals surface area contributed by atoms with Gasteiger partial charge in [-0.15, -0.1) is 0 Å². The van der Waals surface area contributed by atoms with Crippen molar-refractivity contribution in [3.8, 4) is 0 Å². The summed E-state index contributed by atoms with van der Waals surface area (Å²) >= 11 is 12.5. The molecule has 5 N–H and O–H groups in total. The van der Waals surface area contributed by atoms with E-state index in [2.05, 4.69) is 21.3 Å². The van der Waals surface area contributed by atoms with Crippen LogP contribution in [0.25, 0.3) is 6.08 Å². The Bertz CT molecular complexity index is 1130. The van der Waals surface area contributed by atoms with Crippen molar-refractivity contribution in [2.75, 3.05) is 13.1 Å². The molecule has 1 fully saturated rings. The SMILES string of the molecule is C[C@H]1CCNC1C(=O)NC[C@H](NC(=O)c1c(Cl)cc(CNC(=O)/C=C/c2ccco2)cc1Cl)C(=O)O. The zero-order chi connectivity index (χ0) is 26.2. The maximum atomic E-state index is 12.8. The van der Waals surface area contributed by atoms with Crippen LogP contribution in [0.15, 0.2) is 41.0 Å². The molecule has 12 heteroatoms. The van der Waals surface area contributed by atoms with Gasteiger partial charge in [0.2, 0.25) is 11.8 Å². The van der Waals surface area contributed by atoms with E-state index in [0.717, 1.165) is 6.42 Å². The van der Waals surface area contributed by atoms with Crippen molar-refractivity contribution < 1.29 is 28.7 Å². The summed E-state index contributed by atoms with van der Waals surface area (Å²) in [5.41, 5.74) is 0.413. The van der Waals surface area contributed by atoms with Crippen LogP contribution in [0.5, 0.6) is 0 Å². The molecule has 10 nitrogen and oxygen atoms in total. The lowest BCUT2D eigenvalue weighted by Crippen LogP contribution is -2.52. The quantitative estimate of drug-likeness (QED) is 0.292. The zero-order valence-corrected chi connectivity index (χ0v) is 20.9. The smallest absolute Gasteiger partial charge is 0.328 e. The molecule has 0 spiro atoms. The van der Waals surface area contributed by atoms with Crippen LogP contribution < -0.4 is 21.3 Å². The van der Waals surface area contributed by atoms with Crippen LogP contribution in [-0.4, -0.2) is 54.0 Å². The Labute approximate surface area is 217 Å². The Hall–Kier alpha value is -3.34. The molecule has 1 saturated heterocycles. The largest absolute Gasteiger partial charge is 0.480 e. The summed E-state index contributed by atoms with van der Waals surface area (Å²) in [6.07, 6.45) is 5.14. The summed E-state index contributed by atoms with van der Waals surface area (Å²) in [6, 6.07) is 4.48. The van der Waals surface area contributed by atoms with Gasteiger partial charge in [0, 0.05) is 19.2 Å². The number of amides is 3. The molecular weight excluding hydrogens is 511 g/mol. The van der Waals surface area contributed by atoms with E-state index in [9.17, 15) is 24.3 Å². The van der Waals surface area contributed by atoms with E-state index in [1.54, 1.807) is 12.1 Å². The summed E-state index contributed by atoms with van der Waals surface area (Å²) in [5, 5.41) is 20.1. The number of aliphatic carboxylic acids is 1. The third-order valence-corrected chi connectivity index (χ3v) is 6.23. The predicted molar refractivity (Wildman–Crippen MR) is 134 cm³/mol. The fourth-order valence-electron chi connectivity index (χ4n) is 3.67. The molecule has 2 aromatic rings. The van der Waals surface area contributed by atoms with E-state index in [1.807, 2.05) is 6.92 Å². The number of carboxylic acid groups (broad SMARTS) is 1. The highest BCUT2D eigenvalue weighted by atomic mass is 35.5. The van der Waals surface area contributed by atoms with Gasteiger partial charge in [0.25, 0.3) is 5.91 Å². The Kier molecular flexibility index (Phi) is 9.51. The second-order valence-electron chi connectivity index (χ2n) is 8.31. The summed E-state index contributed by atoms with van der Waals surface area (Å²) in [5.74, 6) is -2.20. The van der Waals surface area contributed by atoms with Crippen LogP contribution in [0.1, 0.15) is 35.0 Å². The minimum atomic E-state index is -1.40. The van der Waals surface area contributed by atoms with Crippen LogP contribution in [0.3, 0.4) is 0 Å². The topological polar surface area (TPSA) is 150 Å². The maximum absolute atomic E-state index is 12.8. The van der Waals surface area contributed by atoms with Crippen molar-refractivity contribution >= 4 is 53.0 Å². The standard InChI is InChI=1S/C24H26Cl2N4O6/c1-13-6-7-27-21(13)23(33)29-12-18(24(34)35)30-22(32)20-16(25)9-14(10-17(20)26)11-28-19(31)5-4-15-3-2-8-36-15/h2-5,8-10,13,18,21,27H,6-7,11-12H2,1H3,(H,28,31)(H,29,33)(H,30,32)(H,34,35)/b5-4+/t13-,18-,21?/m0/s1. The highest BCUT2D eigenvalue weighted by Gasteiger charge is 2.31. The normalized spacial score (nSPS) is 18.1. The Morgan fingerprint density at radius 1 is 1.22 bits per heavy atom. The van der Waals surface area contributed by atoms with Crippen molar-refractivity contribution in [2.45, 2.75) is 32.0 Å². The van der Waals surface area contributed by atoms with E-state index in [1.165, 1.54) is 30.5 Å². The molecule has 1 aliphatic rings. The van der Waals surface area contributed by atoms with Crippen LogP contribution in [0.2, 0.25) is 10.0 Å². The average Bonchev–Trinajstić information content (AvgIpc) is 3.50. The summed E-state index contributed by atoms with van der Waals surface area (Å²) in [4.78, 5) is 48.8. The van der Waals surface area contributed by atoms with Crippen molar-refractivity contribution in [1.82, 2.24) is 21.3 Å². The Balaban J connectivity index is 1.58. The molecular formula is C24H26Cl2N4O6. The number of benzene rings is 1. The second kappa shape index (κ2) is 12.6.